The van der Waals surface area contributed by atoms with Crippen LogP contribution >= 0.6 is 0 Å². The fourth-order valence-corrected chi connectivity index (χ4v) is 13.0. The topological polar surface area (TPSA) is 12.5 Å². The third-order valence-corrected chi connectivity index (χ3v) is 16.1. The first-order chi connectivity index (χ1) is 34.5. The number of rotatable bonds is 4. The van der Waals surface area contributed by atoms with Gasteiger partial charge in [0.05, 0.1) is 5.41 Å². The number of benzene rings is 11. The third-order valence-electron chi connectivity index (χ3n) is 16.1. The number of hydrogen-bond donors (Lipinski definition) is 0. The summed E-state index contributed by atoms with van der Waals surface area (Å²) in [5.41, 5.74) is 25.1. The number of fused-ring (bicyclic) bond motifs is 19. The van der Waals surface area contributed by atoms with Crippen LogP contribution in [0.4, 0.5) is 17.1 Å². The number of anilines is 3. The Bertz CT molecular complexity index is 3960. The molecule has 0 radical (unpaired) electrons. The molecule has 0 atom stereocenters. The van der Waals surface area contributed by atoms with Crippen molar-refractivity contribution in [2.24, 2.45) is 0 Å². The molecule has 2 nitrogen and oxygen atoms in total. The van der Waals surface area contributed by atoms with E-state index >= 15 is 0 Å². The van der Waals surface area contributed by atoms with Crippen molar-refractivity contribution in [3.8, 4) is 78.3 Å². The molecule has 1 spiro atoms. The summed E-state index contributed by atoms with van der Waals surface area (Å²) in [5, 5.41) is 2.40. The van der Waals surface area contributed by atoms with E-state index < -0.39 is 5.41 Å². The van der Waals surface area contributed by atoms with E-state index in [4.69, 9.17) is 4.74 Å². The molecular weight excluding hydrogens is 847 g/mol. The molecule has 3 aliphatic carbocycles. The highest BCUT2D eigenvalue weighted by Crippen LogP contribution is 2.64. The van der Waals surface area contributed by atoms with Crippen molar-refractivity contribution in [3.63, 3.8) is 0 Å². The second-order valence-electron chi connectivity index (χ2n) is 19.9. The molecule has 11 aromatic rings. The van der Waals surface area contributed by atoms with Gasteiger partial charge >= 0.3 is 0 Å². The molecule has 1 heterocycles. The van der Waals surface area contributed by atoms with Crippen LogP contribution in [0.1, 0.15) is 47.2 Å². The maximum Gasteiger partial charge on any atom is 0.137 e. The van der Waals surface area contributed by atoms with Crippen molar-refractivity contribution < 1.29 is 4.74 Å². The first-order valence-corrected chi connectivity index (χ1v) is 24.5. The molecule has 0 bridgehead atoms. The van der Waals surface area contributed by atoms with Gasteiger partial charge < -0.3 is 9.64 Å². The van der Waals surface area contributed by atoms with Gasteiger partial charge in [-0.25, -0.2) is 0 Å². The van der Waals surface area contributed by atoms with Gasteiger partial charge in [0.1, 0.15) is 11.5 Å². The highest BCUT2D eigenvalue weighted by molar-refractivity contribution is 6.04. The van der Waals surface area contributed by atoms with Gasteiger partial charge in [0.25, 0.3) is 0 Å². The zero-order valence-electron chi connectivity index (χ0n) is 38.9. The molecule has 0 saturated heterocycles. The second-order valence-corrected chi connectivity index (χ2v) is 19.9. The summed E-state index contributed by atoms with van der Waals surface area (Å²) in [7, 11) is 0. The summed E-state index contributed by atoms with van der Waals surface area (Å²) in [6.07, 6.45) is 0. The summed E-state index contributed by atoms with van der Waals surface area (Å²) in [5.74, 6) is 1.66. The molecule has 4 aliphatic rings. The largest absolute Gasteiger partial charge is 0.456 e. The van der Waals surface area contributed by atoms with E-state index in [1.807, 2.05) is 0 Å². The van der Waals surface area contributed by atoms with Crippen molar-refractivity contribution in [2.45, 2.75) is 24.7 Å². The van der Waals surface area contributed by atoms with E-state index in [2.05, 4.69) is 255 Å². The van der Waals surface area contributed by atoms with E-state index in [0.717, 1.165) is 61.9 Å². The fraction of sp³-hybridized carbons (Fsp3) is 0.0588. The monoisotopic (exact) mass is 891 g/mol. The van der Waals surface area contributed by atoms with E-state index in [1.165, 1.54) is 77.5 Å². The van der Waals surface area contributed by atoms with Gasteiger partial charge in [0, 0.05) is 39.7 Å². The molecule has 1 aliphatic heterocycles. The van der Waals surface area contributed by atoms with Crippen LogP contribution in [0.15, 0.2) is 237 Å². The van der Waals surface area contributed by atoms with E-state index in [9.17, 15) is 0 Å². The molecule has 0 saturated carbocycles. The van der Waals surface area contributed by atoms with Crippen molar-refractivity contribution in [1.29, 1.82) is 0 Å². The molecule has 0 amide bonds. The lowest BCUT2D eigenvalue weighted by Crippen LogP contribution is -2.26. The molecule has 0 fully saturated rings. The summed E-state index contributed by atoms with van der Waals surface area (Å²) in [6, 6.07) is 87.9. The lowest BCUT2D eigenvalue weighted by atomic mass is 9.70. The summed E-state index contributed by atoms with van der Waals surface area (Å²) in [6.45, 7) is 4.74. The maximum atomic E-state index is 7.33. The smallest absolute Gasteiger partial charge is 0.137 e. The van der Waals surface area contributed by atoms with Crippen molar-refractivity contribution in [3.05, 3.63) is 270 Å². The number of ether oxygens (including phenoxy) is 1. The normalized spacial score (nSPS) is 14.2. The van der Waals surface area contributed by atoms with Crippen LogP contribution in [0.3, 0.4) is 0 Å². The molecule has 11 aromatic carbocycles. The first-order valence-electron chi connectivity index (χ1n) is 24.5. The van der Waals surface area contributed by atoms with Crippen LogP contribution in [0.25, 0.3) is 77.5 Å². The van der Waals surface area contributed by atoms with Gasteiger partial charge in [-0.3, -0.25) is 0 Å². The lowest BCUT2D eigenvalue weighted by Gasteiger charge is -2.32. The van der Waals surface area contributed by atoms with Crippen LogP contribution in [-0.2, 0) is 10.8 Å². The predicted molar refractivity (Wildman–Crippen MR) is 289 cm³/mol. The standard InChI is InChI=1S/C68H45NO/c1-67(2)58-26-12-8-21-49(58)53-34-31-45(39-62(53)67)69(46-32-35-54-52-24-11-15-29-61(52)68(63(54)40-46)59-27-13-9-22-50(59)51-23-10-14-28-60(51)68)47-33-36-55-56-37-43-19-6-7-20-44(43)38-57(56)66-48(42-17-4-3-5-18-42)25-16-30-64(66)70-65(55)41-47/h3-41H,1-2H3. The van der Waals surface area contributed by atoms with Crippen LogP contribution in [-0.4, -0.2) is 0 Å². The number of nitrogens with zero attached hydrogens (tertiary/aromatic N) is 1. The second kappa shape index (κ2) is 14.4. The zero-order chi connectivity index (χ0) is 46.3. The minimum atomic E-state index is -0.480. The minimum Gasteiger partial charge on any atom is -0.456 e. The number of hydrogen-bond acceptors (Lipinski definition) is 2. The molecule has 0 unspecified atom stereocenters. The average molecular weight is 892 g/mol. The Hall–Kier alpha value is -8.72. The zero-order valence-corrected chi connectivity index (χ0v) is 38.9. The van der Waals surface area contributed by atoms with Gasteiger partial charge in [0.2, 0.25) is 0 Å². The molecule has 0 aromatic heterocycles. The van der Waals surface area contributed by atoms with Gasteiger partial charge in [-0.05, 0) is 154 Å². The van der Waals surface area contributed by atoms with E-state index in [0.29, 0.717) is 0 Å². The lowest BCUT2D eigenvalue weighted by molar-refractivity contribution is 0.488. The van der Waals surface area contributed by atoms with Crippen molar-refractivity contribution in [1.82, 2.24) is 0 Å². The molecule has 70 heavy (non-hydrogen) atoms. The van der Waals surface area contributed by atoms with Gasteiger partial charge in [0.15, 0.2) is 0 Å². The van der Waals surface area contributed by atoms with Crippen LogP contribution < -0.4 is 9.64 Å². The SMILES string of the molecule is CC1(C)c2ccccc2-c2ccc(N(c3ccc4c(c3)Oc3cccc(-c5ccccc5)c3-c3cc5ccccc5cc3-4)c3ccc4c(c3)C3(c5ccccc5-c5ccccc53)c3ccccc3-4)cc21. The Labute approximate surface area is 408 Å². The molecule has 0 N–H and O–H groups in total. The highest BCUT2D eigenvalue weighted by atomic mass is 16.5. The third kappa shape index (κ3) is 5.28. The average Bonchev–Trinajstić information content (AvgIpc) is 3.92. The summed E-state index contributed by atoms with van der Waals surface area (Å²) < 4.78 is 7.33. The van der Waals surface area contributed by atoms with Gasteiger partial charge in [-0.2, -0.15) is 0 Å². The van der Waals surface area contributed by atoms with E-state index in [1.54, 1.807) is 0 Å². The fourth-order valence-electron chi connectivity index (χ4n) is 13.0. The Morgan fingerprint density at radius 2 is 0.757 bits per heavy atom. The molecule has 2 heteroatoms. The van der Waals surface area contributed by atoms with Crippen molar-refractivity contribution >= 4 is 27.8 Å². The Kier molecular flexibility index (Phi) is 8.08. The Morgan fingerprint density at radius 3 is 1.39 bits per heavy atom. The summed E-state index contributed by atoms with van der Waals surface area (Å²) in [4.78, 5) is 2.47. The maximum absolute atomic E-state index is 7.33. The Balaban J connectivity index is 0.982. The van der Waals surface area contributed by atoms with Crippen molar-refractivity contribution in [2.75, 3.05) is 4.90 Å². The Morgan fingerprint density at radius 1 is 0.300 bits per heavy atom. The predicted octanol–water partition coefficient (Wildman–Crippen LogP) is 18.1. The van der Waals surface area contributed by atoms with Crippen LogP contribution in [0.2, 0.25) is 0 Å². The quantitative estimate of drug-likeness (QED) is 0.175. The first kappa shape index (κ1) is 39.3. The molecular formula is C68H45NO. The van der Waals surface area contributed by atoms with Crippen LogP contribution in [0, 0.1) is 0 Å². The summed E-state index contributed by atoms with van der Waals surface area (Å²) >= 11 is 0. The van der Waals surface area contributed by atoms with Crippen LogP contribution in [0.5, 0.6) is 11.5 Å². The molecule has 328 valence electrons. The molecule has 15 rings (SSSR count). The van der Waals surface area contributed by atoms with Gasteiger partial charge in [-0.15, -0.1) is 0 Å². The van der Waals surface area contributed by atoms with Gasteiger partial charge in [-0.1, -0.05) is 190 Å². The minimum absolute atomic E-state index is 0.182. The highest BCUT2D eigenvalue weighted by Gasteiger charge is 2.51. The van der Waals surface area contributed by atoms with E-state index in [-0.39, 0.29) is 5.41 Å².